The summed E-state index contributed by atoms with van der Waals surface area (Å²) in [5, 5.41) is 2.99. The number of nitrogens with zero attached hydrogens (tertiary/aromatic N) is 1. The van der Waals surface area contributed by atoms with Crippen molar-refractivity contribution in [1.29, 1.82) is 0 Å². The van der Waals surface area contributed by atoms with Gasteiger partial charge in [0, 0.05) is 19.5 Å². The zero-order valence-corrected chi connectivity index (χ0v) is 21.6. The predicted molar refractivity (Wildman–Crippen MR) is 142 cm³/mol. The summed E-state index contributed by atoms with van der Waals surface area (Å²) in [7, 11) is 1.61. The lowest BCUT2D eigenvalue weighted by Crippen LogP contribution is -2.51. The molecule has 6 nitrogen and oxygen atoms in total. The summed E-state index contributed by atoms with van der Waals surface area (Å²) in [6.07, 6.45) is 1.21. The minimum atomic E-state index is -0.694. The van der Waals surface area contributed by atoms with Gasteiger partial charge in [0.2, 0.25) is 5.91 Å². The minimum Gasteiger partial charge on any atom is -0.497 e. The van der Waals surface area contributed by atoms with E-state index in [-0.39, 0.29) is 25.0 Å². The fraction of sp³-hybridized carbons (Fsp3) is 0.333. The second-order valence-electron chi connectivity index (χ2n) is 8.90. The van der Waals surface area contributed by atoms with Gasteiger partial charge in [0.15, 0.2) is 6.61 Å². The maximum atomic E-state index is 13.6. The molecule has 0 aliphatic heterocycles. The molecule has 0 aliphatic carbocycles. The van der Waals surface area contributed by atoms with E-state index in [1.807, 2.05) is 93.6 Å². The van der Waals surface area contributed by atoms with E-state index in [0.29, 0.717) is 24.5 Å². The van der Waals surface area contributed by atoms with Crippen molar-refractivity contribution < 1.29 is 19.1 Å². The van der Waals surface area contributed by atoms with E-state index in [9.17, 15) is 9.59 Å². The van der Waals surface area contributed by atoms with Crippen molar-refractivity contribution in [3.63, 3.8) is 0 Å². The van der Waals surface area contributed by atoms with Crippen LogP contribution in [0.15, 0.2) is 72.8 Å². The molecule has 0 bridgehead atoms. The molecule has 6 heteroatoms. The smallest absolute Gasteiger partial charge is 0.261 e. The molecule has 0 aliphatic rings. The highest BCUT2D eigenvalue weighted by molar-refractivity contribution is 5.88. The number of hydrogen-bond donors (Lipinski definition) is 1. The Morgan fingerprint density at radius 2 is 1.64 bits per heavy atom. The van der Waals surface area contributed by atoms with E-state index in [0.717, 1.165) is 28.7 Å². The molecule has 0 spiro atoms. The minimum absolute atomic E-state index is 0.168. The number of ether oxygens (including phenoxy) is 2. The third-order valence-corrected chi connectivity index (χ3v) is 6.15. The first-order valence-electron chi connectivity index (χ1n) is 12.3. The summed E-state index contributed by atoms with van der Waals surface area (Å²) in [5.41, 5.74) is 4.10. The summed E-state index contributed by atoms with van der Waals surface area (Å²) in [6.45, 7) is 6.67. The topological polar surface area (TPSA) is 67.9 Å². The number of hydrogen-bond acceptors (Lipinski definition) is 4. The van der Waals surface area contributed by atoms with E-state index in [1.54, 1.807) is 12.0 Å². The van der Waals surface area contributed by atoms with Crippen molar-refractivity contribution in [2.24, 2.45) is 0 Å². The molecule has 0 saturated heterocycles. The standard InChI is InChI=1S/C30H36N2O4/c1-5-16-31-30(34)28(19-24-10-7-6-8-11-24)32(20-25-12-9-13-26(18-25)35-4)29(33)21-36-27-15-14-22(2)23(3)17-27/h6-15,17-18,28H,5,16,19-21H2,1-4H3,(H,31,34)/t28-/m0/s1. The van der Waals surface area contributed by atoms with Crippen molar-refractivity contribution in [2.75, 3.05) is 20.3 Å². The molecule has 3 aromatic carbocycles. The molecule has 0 heterocycles. The summed E-state index contributed by atoms with van der Waals surface area (Å²) < 4.78 is 11.3. The number of benzene rings is 3. The average Bonchev–Trinajstić information content (AvgIpc) is 2.90. The summed E-state index contributed by atoms with van der Waals surface area (Å²) >= 11 is 0. The van der Waals surface area contributed by atoms with E-state index in [1.165, 1.54) is 0 Å². The van der Waals surface area contributed by atoms with Gasteiger partial charge in [-0.2, -0.15) is 0 Å². The summed E-state index contributed by atoms with van der Waals surface area (Å²) in [6, 6.07) is 22.4. The fourth-order valence-corrected chi connectivity index (χ4v) is 3.92. The first-order chi connectivity index (χ1) is 17.4. The van der Waals surface area contributed by atoms with Gasteiger partial charge in [0.05, 0.1) is 7.11 Å². The van der Waals surface area contributed by atoms with Crippen LogP contribution in [-0.4, -0.2) is 43.0 Å². The van der Waals surface area contributed by atoms with Gasteiger partial charge in [-0.05, 0) is 66.8 Å². The summed E-state index contributed by atoms with van der Waals surface area (Å²) in [4.78, 5) is 28.6. The van der Waals surface area contributed by atoms with Gasteiger partial charge >= 0.3 is 0 Å². The Bertz CT molecular complexity index is 1150. The van der Waals surface area contributed by atoms with Crippen LogP contribution in [0.4, 0.5) is 0 Å². The Morgan fingerprint density at radius 3 is 2.33 bits per heavy atom. The zero-order chi connectivity index (χ0) is 25.9. The third kappa shape index (κ3) is 7.60. The Morgan fingerprint density at radius 1 is 0.889 bits per heavy atom. The molecule has 3 aromatic rings. The van der Waals surface area contributed by atoms with Crippen molar-refractivity contribution in [1.82, 2.24) is 10.2 Å². The Hall–Kier alpha value is -3.80. The largest absolute Gasteiger partial charge is 0.497 e. The highest BCUT2D eigenvalue weighted by atomic mass is 16.5. The normalized spacial score (nSPS) is 11.4. The molecular formula is C30H36N2O4. The first-order valence-corrected chi connectivity index (χ1v) is 12.3. The number of amides is 2. The maximum Gasteiger partial charge on any atom is 0.261 e. The molecule has 2 amide bonds. The number of methoxy groups -OCH3 is 1. The molecule has 0 unspecified atom stereocenters. The van der Waals surface area contributed by atoms with Gasteiger partial charge in [-0.3, -0.25) is 9.59 Å². The lowest BCUT2D eigenvalue weighted by atomic mass is 10.0. The molecule has 36 heavy (non-hydrogen) atoms. The van der Waals surface area contributed by atoms with Crippen LogP contribution >= 0.6 is 0 Å². The lowest BCUT2D eigenvalue weighted by Gasteiger charge is -2.31. The van der Waals surface area contributed by atoms with Crippen LogP contribution in [0.5, 0.6) is 11.5 Å². The van der Waals surface area contributed by atoms with Crippen LogP contribution in [0, 0.1) is 13.8 Å². The summed E-state index contributed by atoms with van der Waals surface area (Å²) in [5.74, 6) is 0.885. The van der Waals surface area contributed by atoms with Crippen LogP contribution in [0.2, 0.25) is 0 Å². The second kappa shape index (κ2) is 13.3. The highest BCUT2D eigenvalue weighted by Gasteiger charge is 2.30. The zero-order valence-electron chi connectivity index (χ0n) is 21.6. The molecule has 1 N–H and O–H groups in total. The number of nitrogens with one attached hydrogen (secondary N) is 1. The van der Waals surface area contributed by atoms with Crippen molar-refractivity contribution >= 4 is 11.8 Å². The van der Waals surface area contributed by atoms with E-state index in [2.05, 4.69) is 5.32 Å². The molecule has 190 valence electrons. The van der Waals surface area contributed by atoms with E-state index >= 15 is 0 Å². The molecule has 0 fully saturated rings. The van der Waals surface area contributed by atoms with Gasteiger partial charge in [-0.15, -0.1) is 0 Å². The van der Waals surface area contributed by atoms with Crippen LogP contribution in [0.25, 0.3) is 0 Å². The van der Waals surface area contributed by atoms with Gasteiger partial charge in [0.1, 0.15) is 17.5 Å². The van der Waals surface area contributed by atoms with Crippen LogP contribution in [0.1, 0.15) is 35.6 Å². The van der Waals surface area contributed by atoms with E-state index < -0.39 is 6.04 Å². The van der Waals surface area contributed by atoms with Gasteiger partial charge in [-0.1, -0.05) is 55.5 Å². The number of carbonyl (C=O) groups excluding carboxylic acids is 2. The second-order valence-corrected chi connectivity index (χ2v) is 8.90. The van der Waals surface area contributed by atoms with Crippen molar-refractivity contribution in [3.05, 3.63) is 95.1 Å². The van der Waals surface area contributed by atoms with Gasteiger partial charge in [-0.25, -0.2) is 0 Å². The number of aryl methyl sites for hydroxylation is 2. The van der Waals surface area contributed by atoms with Gasteiger partial charge < -0.3 is 19.7 Å². The quantitative estimate of drug-likeness (QED) is 0.396. The van der Waals surface area contributed by atoms with Crippen LogP contribution in [0.3, 0.4) is 0 Å². The highest BCUT2D eigenvalue weighted by Crippen LogP contribution is 2.20. The van der Waals surface area contributed by atoms with Crippen LogP contribution in [-0.2, 0) is 22.6 Å². The Balaban J connectivity index is 1.90. The molecule has 1 atom stereocenters. The first kappa shape index (κ1) is 26.8. The van der Waals surface area contributed by atoms with Crippen molar-refractivity contribution in [3.8, 4) is 11.5 Å². The molecule has 3 rings (SSSR count). The predicted octanol–water partition coefficient (Wildman–Crippen LogP) is 4.86. The number of rotatable bonds is 12. The molecule has 0 saturated carbocycles. The Kier molecular flexibility index (Phi) is 9.92. The van der Waals surface area contributed by atoms with Crippen LogP contribution < -0.4 is 14.8 Å². The number of carbonyl (C=O) groups is 2. The van der Waals surface area contributed by atoms with Crippen molar-refractivity contribution in [2.45, 2.75) is 46.2 Å². The maximum absolute atomic E-state index is 13.6. The Labute approximate surface area is 214 Å². The lowest BCUT2D eigenvalue weighted by molar-refractivity contribution is -0.142. The molecular weight excluding hydrogens is 452 g/mol. The van der Waals surface area contributed by atoms with Gasteiger partial charge in [0.25, 0.3) is 5.91 Å². The average molecular weight is 489 g/mol. The van der Waals surface area contributed by atoms with E-state index in [4.69, 9.17) is 9.47 Å². The molecule has 0 aromatic heterocycles. The monoisotopic (exact) mass is 488 g/mol. The third-order valence-electron chi connectivity index (χ3n) is 6.15. The SMILES string of the molecule is CCCNC(=O)[C@H](Cc1ccccc1)N(Cc1cccc(OC)c1)C(=O)COc1ccc(C)c(C)c1. The fourth-order valence-electron chi connectivity index (χ4n) is 3.92. The molecule has 0 radical (unpaired) electrons.